The van der Waals surface area contributed by atoms with Crippen LogP contribution in [0, 0.1) is 11.3 Å². The average molecular weight is 424 g/mol. The van der Waals surface area contributed by atoms with E-state index in [-0.39, 0.29) is 17.8 Å². The van der Waals surface area contributed by atoms with Gasteiger partial charge < -0.3 is 14.6 Å². The lowest BCUT2D eigenvalue weighted by atomic mass is 10.1. The number of carbonyl (C=O) groups is 2. The summed E-state index contributed by atoms with van der Waals surface area (Å²) in [7, 11) is 1.30. The van der Waals surface area contributed by atoms with Gasteiger partial charge in [-0.25, -0.2) is 4.79 Å². The third-order valence-corrected chi connectivity index (χ3v) is 5.17. The van der Waals surface area contributed by atoms with Crippen molar-refractivity contribution in [2.45, 2.75) is 13.1 Å². The van der Waals surface area contributed by atoms with Gasteiger partial charge in [0.25, 0.3) is 5.91 Å². The van der Waals surface area contributed by atoms with Gasteiger partial charge in [0.05, 0.1) is 24.3 Å². The molecule has 4 aromatic rings. The first-order valence-corrected chi connectivity index (χ1v) is 9.98. The summed E-state index contributed by atoms with van der Waals surface area (Å²) in [5.41, 5.74) is 3.41. The quantitative estimate of drug-likeness (QED) is 0.476. The Bertz CT molecular complexity index is 1340. The molecule has 0 bridgehead atoms. The van der Waals surface area contributed by atoms with Gasteiger partial charge in [0.15, 0.2) is 0 Å². The maximum atomic E-state index is 13.4. The highest BCUT2D eigenvalue weighted by atomic mass is 16.5. The minimum absolute atomic E-state index is 0.215. The molecule has 0 atom stereocenters. The SMILES string of the molecule is COC(=O)c1c(C(=O)NCc2ccncc2)n(Cc2cccc(C#N)c2)c2ccccc12. The van der Waals surface area contributed by atoms with Crippen molar-refractivity contribution in [2.24, 2.45) is 0 Å². The van der Waals surface area contributed by atoms with Crippen LogP contribution in [-0.2, 0) is 17.8 Å². The molecule has 1 N–H and O–H groups in total. The summed E-state index contributed by atoms with van der Waals surface area (Å²) in [5.74, 6) is -0.977. The van der Waals surface area contributed by atoms with E-state index in [2.05, 4.69) is 16.4 Å². The molecule has 7 heteroatoms. The third-order valence-electron chi connectivity index (χ3n) is 5.17. The van der Waals surface area contributed by atoms with Crippen LogP contribution in [-0.4, -0.2) is 28.5 Å². The van der Waals surface area contributed by atoms with E-state index in [0.717, 1.165) is 16.6 Å². The number of ether oxygens (including phenoxy) is 1. The van der Waals surface area contributed by atoms with Gasteiger partial charge in [0.1, 0.15) is 5.69 Å². The summed E-state index contributed by atoms with van der Waals surface area (Å²) in [4.78, 5) is 30.1. The minimum Gasteiger partial charge on any atom is -0.465 e. The fourth-order valence-corrected chi connectivity index (χ4v) is 3.70. The predicted molar refractivity (Wildman–Crippen MR) is 119 cm³/mol. The maximum Gasteiger partial charge on any atom is 0.340 e. The molecule has 0 saturated heterocycles. The van der Waals surface area contributed by atoms with Gasteiger partial charge in [0, 0.05) is 36.4 Å². The molecule has 4 rings (SSSR count). The first-order valence-electron chi connectivity index (χ1n) is 9.98. The van der Waals surface area contributed by atoms with Crippen LogP contribution in [0.5, 0.6) is 0 Å². The molecule has 2 aromatic heterocycles. The summed E-state index contributed by atoms with van der Waals surface area (Å²) in [6.07, 6.45) is 3.31. The number of para-hydroxylation sites is 1. The van der Waals surface area contributed by atoms with Gasteiger partial charge in [-0.15, -0.1) is 0 Å². The molecule has 0 radical (unpaired) electrons. The number of nitriles is 1. The van der Waals surface area contributed by atoms with Crippen molar-refractivity contribution >= 4 is 22.8 Å². The molecule has 2 aromatic carbocycles. The summed E-state index contributed by atoms with van der Waals surface area (Å²) in [6.45, 7) is 0.596. The molecule has 0 unspecified atom stereocenters. The molecular weight excluding hydrogens is 404 g/mol. The molecule has 0 aliphatic heterocycles. The van der Waals surface area contributed by atoms with Crippen LogP contribution in [0.2, 0.25) is 0 Å². The number of amides is 1. The maximum absolute atomic E-state index is 13.4. The summed E-state index contributed by atoms with van der Waals surface area (Å²) in [5, 5.41) is 12.8. The number of esters is 1. The zero-order chi connectivity index (χ0) is 22.5. The summed E-state index contributed by atoms with van der Waals surface area (Å²) >= 11 is 0. The van der Waals surface area contributed by atoms with Crippen LogP contribution in [0.25, 0.3) is 10.9 Å². The van der Waals surface area contributed by atoms with Gasteiger partial charge >= 0.3 is 5.97 Å². The van der Waals surface area contributed by atoms with Crippen molar-refractivity contribution in [3.8, 4) is 6.07 Å². The van der Waals surface area contributed by atoms with Gasteiger partial charge in [0.2, 0.25) is 0 Å². The second-order valence-electron chi connectivity index (χ2n) is 7.17. The summed E-state index contributed by atoms with van der Waals surface area (Å²) in [6, 6.07) is 20.2. The van der Waals surface area contributed by atoms with Gasteiger partial charge in [-0.2, -0.15) is 5.26 Å². The number of nitrogens with zero attached hydrogens (tertiary/aromatic N) is 3. The van der Waals surface area contributed by atoms with Crippen molar-refractivity contribution in [2.75, 3.05) is 7.11 Å². The van der Waals surface area contributed by atoms with Crippen molar-refractivity contribution in [3.05, 3.63) is 101 Å². The molecule has 0 aliphatic rings. The zero-order valence-corrected chi connectivity index (χ0v) is 17.4. The molecule has 0 spiro atoms. The van der Waals surface area contributed by atoms with Crippen molar-refractivity contribution in [3.63, 3.8) is 0 Å². The second kappa shape index (κ2) is 9.14. The highest BCUT2D eigenvalue weighted by molar-refractivity contribution is 6.14. The van der Waals surface area contributed by atoms with E-state index in [1.165, 1.54) is 7.11 Å². The molecule has 0 saturated carbocycles. The number of aromatic nitrogens is 2. The highest BCUT2D eigenvalue weighted by Gasteiger charge is 2.27. The number of carbonyl (C=O) groups excluding carboxylic acids is 2. The van der Waals surface area contributed by atoms with E-state index in [4.69, 9.17) is 4.74 Å². The van der Waals surface area contributed by atoms with Crippen molar-refractivity contribution < 1.29 is 14.3 Å². The van der Waals surface area contributed by atoms with Crippen LogP contribution < -0.4 is 5.32 Å². The Labute approximate surface area is 184 Å². The zero-order valence-electron chi connectivity index (χ0n) is 17.4. The van der Waals surface area contributed by atoms with E-state index in [1.807, 2.05) is 36.4 Å². The van der Waals surface area contributed by atoms with Gasteiger partial charge in [-0.1, -0.05) is 30.3 Å². The first kappa shape index (κ1) is 20.8. The van der Waals surface area contributed by atoms with Crippen LogP contribution in [0.1, 0.15) is 37.5 Å². The van der Waals surface area contributed by atoms with E-state index in [0.29, 0.717) is 17.5 Å². The van der Waals surface area contributed by atoms with Crippen LogP contribution in [0.4, 0.5) is 0 Å². The average Bonchev–Trinajstić information content (AvgIpc) is 3.17. The lowest BCUT2D eigenvalue weighted by molar-refractivity contribution is 0.0598. The molecule has 0 fully saturated rings. The van der Waals surface area contributed by atoms with Crippen LogP contribution >= 0.6 is 0 Å². The number of methoxy groups -OCH3 is 1. The van der Waals surface area contributed by atoms with E-state index >= 15 is 0 Å². The van der Waals surface area contributed by atoms with Gasteiger partial charge in [-0.05, 0) is 41.5 Å². The Morgan fingerprint density at radius 3 is 2.59 bits per heavy atom. The number of rotatable bonds is 6. The molecule has 7 nitrogen and oxygen atoms in total. The van der Waals surface area contributed by atoms with Crippen molar-refractivity contribution in [1.29, 1.82) is 5.26 Å². The number of hydrogen-bond acceptors (Lipinski definition) is 5. The standard InChI is InChI=1S/C25H20N4O3/c1-32-25(31)22-20-7-2-3-8-21(20)29(16-19-6-4-5-18(13-19)14-26)23(22)24(30)28-15-17-9-11-27-12-10-17/h2-13H,15-16H2,1H3,(H,28,30). The van der Waals surface area contributed by atoms with E-state index < -0.39 is 11.9 Å². The Balaban J connectivity index is 1.82. The fraction of sp³-hybridized carbons (Fsp3) is 0.120. The smallest absolute Gasteiger partial charge is 0.340 e. The minimum atomic E-state index is -0.584. The Morgan fingerprint density at radius 2 is 1.84 bits per heavy atom. The largest absolute Gasteiger partial charge is 0.465 e. The lowest BCUT2D eigenvalue weighted by Gasteiger charge is -2.13. The van der Waals surface area contributed by atoms with Crippen molar-refractivity contribution in [1.82, 2.24) is 14.9 Å². The Kier molecular flexibility index (Phi) is 5.95. The number of hydrogen-bond donors (Lipinski definition) is 1. The highest BCUT2D eigenvalue weighted by Crippen LogP contribution is 2.28. The summed E-state index contributed by atoms with van der Waals surface area (Å²) < 4.78 is 6.81. The number of nitrogens with one attached hydrogen (secondary N) is 1. The van der Waals surface area contributed by atoms with Crippen LogP contribution in [0.15, 0.2) is 73.1 Å². The molecule has 32 heavy (non-hydrogen) atoms. The monoisotopic (exact) mass is 424 g/mol. The molecule has 1 amide bonds. The second-order valence-corrected chi connectivity index (χ2v) is 7.17. The first-order chi connectivity index (χ1) is 15.6. The molecule has 0 aliphatic carbocycles. The Hall–Kier alpha value is -4.44. The van der Waals surface area contributed by atoms with E-state index in [9.17, 15) is 14.9 Å². The molecule has 158 valence electrons. The topological polar surface area (TPSA) is 97.0 Å². The number of fused-ring (bicyclic) bond motifs is 1. The Morgan fingerprint density at radius 1 is 1.06 bits per heavy atom. The fourth-order valence-electron chi connectivity index (χ4n) is 3.70. The molecular formula is C25H20N4O3. The van der Waals surface area contributed by atoms with Crippen LogP contribution in [0.3, 0.4) is 0 Å². The third kappa shape index (κ3) is 4.07. The van der Waals surface area contributed by atoms with E-state index in [1.54, 1.807) is 41.2 Å². The lowest BCUT2D eigenvalue weighted by Crippen LogP contribution is -2.27. The normalized spacial score (nSPS) is 10.5. The number of benzene rings is 2. The predicted octanol–water partition coefficient (Wildman–Crippen LogP) is 3.67. The number of pyridine rings is 1. The molecule has 2 heterocycles. The van der Waals surface area contributed by atoms with Gasteiger partial charge in [-0.3, -0.25) is 9.78 Å².